The highest BCUT2D eigenvalue weighted by Crippen LogP contribution is 2.35. The molecule has 0 aliphatic carbocycles. The lowest BCUT2D eigenvalue weighted by Gasteiger charge is -2.06. The topological polar surface area (TPSA) is 26.3 Å². The third-order valence-electron chi connectivity index (χ3n) is 4.09. The molecule has 2 aromatic carbocycles. The van der Waals surface area contributed by atoms with Crippen LogP contribution in [0.1, 0.15) is 36.5 Å². The molecule has 1 heterocycles. The molecule has 0 spiro atoms. The van der Waals surface area contributed by atoms with Crippen LogP contribution in [0.4, 0.5) is 0 Å². The smallest absolute Gasteiger partial charge is 0.150 e. The molecule has 0 aliphatic heterocycles. The lowest BCUT2D eigenvalue weighted by molar-refractivity contribution is 0.112. The first kappa shape index (κ1) is 17.4. The van der Waals surface area contributed by atoms with Crippen LogP contribution in [0.25, 0.3) is 20.9 Å². The van der Waals surface area contributed by atoms with Crippen LogP contribution in [0.15, 0.2) is 60.7 Å². The molecule has 128 valence electrons. The number of ether oxygens (including phenoxy) is 1. The van der Waals surface area contributed by atoms with E-state index in [0.717, 1.165) is 30.6 Å². The Bertz CT molecular complexity index is 801. The molecule has 25 heavy (non-hydrogen) atoms. The fourth-order valence-corrected chi connectivity index (χ4v) is 3.65. The summed E-state index contributed by atoms with van der Waals surface area (Å²) in [6, 6.07) is 20.3. The van der Waals surface area contributed by atoms with Gasteiger partial charge in [-0.25, -0.2) is 0 Å². The van der Waals surface area contributed by atoms with Gasteiger partial charge in [-0.15, -0.1) is 11.3 Å². The molecule has 0 bridgehead atoms. The van der Waals surface area contributed by atoms with E-state index in [-0.39, 0.29) is 0 Å². The maximum absolute atomic E-state index is 10.8. The molecular weight excluding hydrogens is 328 g/mol. The molecule has 0 saturated heterocycles. The van der Waals surface area contributed by atoms with Gasteiger partial charge in [-0.3, -0.25) is 4.79 Å². The minimum absolute atomic E-state index is 0.704. The Morgan fingerprint density at radius 3 is 2.00 bits per heavy atom. The zero-order valence-corrected chi connectivity index (χ0v) is 15.2. The SMILES string of the molecule is CCCCCOc1ccc(-c2ccc(-c3ccc(C=O)cc3)s2)cc1. The van der Waals surface area contributed by atoms with Gasteiger partial charge < -0.3 is 4.74 Å². The largest absolute Gasteiger partial charge is 0.494 e. The monoisotopic (exact) mass is 350 g/mol. The van der Waals surface area contributed by atoms with Crippen molar-refractivity contribution in [2.24, 2.45) is 0 Å². The van der Waals surface area contributed by atoms with Crippen molar-refractivity contribution in [3.8, 4) is 26.6 Å². The van der Waals surface area contributed by atoms with Crippen molar-refractivity contribution in [1.29, 1.82) is 0 Å². The maximum Gasteiger partial charge on any atom is 0.150 e. The van der Waals surface area contributed by atoms with Crippen LogP contribution >= 0.6 is 11.3 Å². The summed E-state index contributed by atoms with van der Waals surface area (Å²) >= 11 is 1.75. The normalized spacial score (nSPS) is 10.6. The van der Waals surface area contributed by atoms with Crippen LogP contribution in [-0.4, -0.2) is 12.9 Å². The summed E-state index contributed by atoms with van der Waals surface area (Å²) in [7, 11) is 0. The van der Waals surface area contributed by atoms with Crippen molar-refractivity contribution in [1.82, 2.24) is 0 Å². The van der Waals surface area contributed by atoms with E-state index in [0.29, 0.717) is 5.56 Å². The third kappa shape index (κ3) is 4.58. The molecule has 3 heteroatoms. The van der Waals surface area contributed by atoms with Crippen molar-refractivity contribution in [2.75, 3.05) is 6.61 Å². The number of hydrogen-bond acceptors (Lipinski definition) is 3. The molecule has 0 saturated carbocycles. The minimum atomic E-state index is 0.704. The minimum Gasteiger partial charge on any atom is -0.494 e. The summed E-state index contributed by atoms with van der Waals surface area (Å²) in [6.07, 6.45) is 4.40. The number of aldehydes is 1. The number of benzene rings is 2. The first-order valence-electron chi connectivity index (χ1n) is 8.69. The molecule has 0 fully saturated rings. The van der Waals surface area contributed by atoms with Gasteiger partial charge in [-0.05, 0) is 53.9 Å². The summed E-state index contributed by atoms with van der Waals surface area (Å²) in [5, 5.41) is 0. The van der Waals surface area contributed by atoms with E-state index in [1.807, 2.05) is 36.4 Å². The number of carbonyl (C=O) groups is 1. The highest BCUT2D eigenvalue weighted by molar-refractivity contribution is 7.18. The number of unbranched alkanes of at least 4 members (excludes halogenated alkanes) is 2. The van der Waals surface area contributed by atoms with Crippen LogP contribution in [0.5, 0.6) is 5.75 Å². The van der Waals surface area contributed by atoms with Crippen molar-refractivity contribution < 1.29 is 9.53 Å². The Kier molecular flexibility index (Phi) is 6.02. The van der Waals surface area contributed by atoms with Gasteiger partial charge in [0.2, 0.25) is 0 Å². The fourth-order valence-electron chi connectivity index (χ4n) is 2.63. The molecule has 0 amide bonds. The van der Waals surface area contributed by atoms with Gasteiger partial charge in [0, 0.05) is 15.3 Å². The number of hydrogen-bond donors (Lipinski definition) is 0. The quantitative estimate of drug-likeness (QED) is 0.344. The number of rotatable bonds is 8. The summed E-state index contributed by atoms with van der Waals surface area (Å²) in [5.74, 6) is 0.932. The van der Waals surface area contributed by atoms with Gasteiger partial charge >= 0.3 is 0 Å². The van der Waals surface area contributed by atoms with E-state index in [1.54, 1.807) is 11.3 Å². The highest BCUT2D eigenvalue weighted by Gasteiger charge is 2.06. The average molecular weight is 350 g/mol. The summed E-state index contributed by atoms with van der Waals surface area (Å²) in [5.41, 5.74) is 3.04. The number of carbonyl (C=O) groups excluding carboxylic acids is 1. The highest BCUT2D eigenvalue weighted by atomic mass is 32.1. The summed E-state index contributed by atoms with van der Waals surface area (Å²) < 4.78 is 5.77. The van der Waals surface area contributed by atoms with E-state index in [4.69, 9.17) is 4.74 Å². The lowest BCUT2D eigenvalue weighted by atomic mass is 10.1. The average Bonchev–Trinajstić information content (AvgIpc) is 3.16. The predicted octanol–water partition coefficient (Wildman–Crippen LogP) is 6.46. The second-order valence-corrected chi connectivity index (χ2v) is 7.07. The third-order valence-corrected chi connectivity index (χ3v) is 5.28. The van der Waals surface area contributed by atoms with Crippen LogP contribution in [0, 0.1) is 0 Å². The van der Waals surface area contributed by atoms with Crippen molar-refractivity contribution >= 4 is 17.6 Å². The van der Waals surface area contributed by atoms with Gasteiger partial charge in [-0.2, -0.15) is 0 Å². The Morgan fingerprint density at radius 2 is 1.44 bits per heavy atom. The standard InChI is InChI=1S/C22H22O2S/c1-2-3-4-15-24-20-11-9-19(10-12-20)22-14-13-21(25-22)18-7-5-17(16-23)6-8-18/h5-14,16H,2-4,15H2,1H3. The first-order chi connectivity index (χ1) is 12.3. The molecule has 3 aromatic rings. The molecule has 0 atom stereocenters. The van der Waals surface area contributed by atoms with Gasteiger partial charge in [0.15, 0.2) is 0 Å². The molecular formula is C22H22O2S. The predicted molar refractivity (Wildman–Crippen MR) is 106 cm³/mol. The van der Waals surface area contributed by atoms with Crippen LogP contribution in [0.2, 0.25) is 0 Å². The van der Waals surface area contributed by atoms with E-state index >= 15 is 0 Å². The van der Waals surface area contributed by atoms with E-state index in [2.05, 4.69) is 31.2 Å². The zero-order valence-electron chi connectivity index (χ0n) is 14.4. The van der Waals surface area contributed by atoms with Crippen LogP contribution in [0.3, 0.4) is 0 Å². The van der Waals surface area contributed by atoms with Gasteiger partial charge in [0.05, 0.1) is 6.61 Å². The summed E-state index contributed by atoms with van der Waals surface area (Å²) in [4.78, 5) is 13.2. The summed E-state index contributed by atoms with van der Waals surface area (Å²) in [6.45, 7) is 2.98. The molecule has 0 aliphatic rings. The second-order valence-electron chi connectivity index (χ2n) is 5.98. The Balaban J connectivity index is 1.68. The Labute approximate surface area is 153 Å². The maximum atomic E-state index is 10.8. The number of thiophene rings is 1. The van der Waals surface area contributed by atoms with Crippen molar-refractivity contribution in [3.05, 3.63) is 66.2 Å². The van der Waals surface area contributed by atoms with E-state index in [1.165, 1.54) is 28.2 Å². The Morgan fingerprint density at radius 1 is 0.840 bits per heavy atom. The van der Waals surface area contributed by atoms with Crippen molar-refractivity contribution in [2.45, 2.75) is 26.2 Å². The van der Waals surface area contributed by atoms with Crippen molar-refractivity contribution in [3.63, 3.8) is 0 Å². The Hall–Kier alpha value is -2.39. The second kappa shape index (κ2) is 8.63. The van der Waals surface area contributed by atoms with Gasteiger partial charge in [0.25, 0.3) is 0 Å². The molecule has 0 radical (unpaired) electrons. The first-order valence-corrected chi connectivity index (χ1v) is 9.50. The van der Waals surface area contributed by atoms with Gasteiger partial charge in [-0.1, -0.05) is 44.0 Å². The fraction of sp³-hybridized carbons (Fsp3) is 0.227. The molecule has 1 aromatic heterocycles. The molecule has 0 N–H and O–H groups in total. The van der Waals surface area contributed by atoms with Crippen LogP contribution in [-0.2, 0) is 0 Å². The molecule has 2 nitrogen and oxygen atoms in total. The van der Waals surface area contributed by atoms with Gasteiger partial charge in [0.1, 0.15) is 12.0 Å². The van der Waals surface area contributed by atoms with Crippen LogP contribution < -0.4 is 4.74 Å². The zero-order chi connectivity index (χ0) is 17.5. The molecule has 0 unspecified atom stereocenters. The van der Waals surface area contributed by atoms with E-state index < -0.39 is 0 Å². The molecule has 3 rings (SSSR count). The lowest BCUT2D eigenvalue weighted by Crippen LogP contribution is -1.96. The van der Waals surface area contributed by atoms with E-state index in [9.17, 15) is 4.79 Å².